The van der Waals surface area contributed by atoms with Gasteiger partial charge in [-0.3, -0.25) is 0 Å². The Morgan fingerprint density at radius 2 is 1.30 bits per heavy atom. The summed E-state index contributed by atoms with van der Waals surface area (Å²) in [6, 6.07) is 9.17. The van der Waals surface area contributed by atoms with Crippen molar-refractivity contribution in [2.24, 2.45) is 5.41 Å². The van der Waals surface area contributed by atoms with Gasteiger partial charge in [0.15, 0.2) is 25.0 Å². The Kier molecular flexibility index (Phi) is 12.2. The second-order valence-electron chi connectivity index (χ2n) is 19.9. The molecular formula is C40H75NO3Si3. The first-order valence-corrected chi connectivity index (χ1v) is 27.5. The van der Waals surface area contributed by atoms with Crippen LogP contribution in [0, 0.1) is 5.41 Å². The summed E-state index contributed by atoms with van der Waals surface area (Å²) in [6.07, 6.45) is 4.63. The van der Waals surface area contributed by atoms with Crippen molar-refractivity contribution in [1.82, 2.24) is 0 Å². The normalized spacial score (nSPS) is 24.8. The minimum absolute atomic E-state index is 0.0400. The van der Waals surface area contributed by atoms with Gasteiger partial charge in [-0.15, -0.1) is 0 Å². The van der Waals surface area contributed by atoms with Gasteiger partial charge >= 0.3 is 0 Å². The molecule has 0 saturated carbocycles. The quantitative estimate of drug-likeness (QED) is 0.151. The Bertz CT molecular complexity index is 1250. The van der Waals surface area contributed by atoms with Crippen LogP contribution in [-0.2, 0) is 13.3 Å². The third kappa shape index (κ3) is 8.61. The highest BCUT2D eigenvalue weighted by Gasteiger charge is 2.57. The van der Waals surface area contributed by atoms with E-state index in [1.54, 1.807) is 0 Å². The highest BCUT2D eigenvalue weighted by molar-refractivity contribution is 6.75. The van der Waals surface area contributed by atoms with Crippen molar-refractivity contribution in [3.05, 3.63) is 41.0 Å². The van der Waals surface area contributed by atoms with Gasteiger partial charge in [-0.1, -0.05) is 101 Å². The van der Waals surface area contributed by atoms with Gasteiger partial charge in [0.05, 0.1) is 12.2 Å². The molecule has 270 valence electrons. The second kappa shape index (κ2) is 14.1. The lowest BCUT2D eigenvalue weighted by molar-refractivity contribution is 0.0124. The average Bonchev–Trinajstić information content (AvgIpc) is 3.33. The summed E-state index contributed by atoms with van der Waals surface area (Å²) in [5.74, 6) is 0.467. The molecule has 0 amide bonds. The third-order valence-electron chi connectivity index (χ3n) is 13.1. The molecule has 4 atom stereocenters. The van der Waals surface area contributed by atoms with Gasteiger partial charge in [0.25, 0.3) is 0 Å². The van der Waals surface area contributed by atoms with Crippen molar-refractivity contribution in [1.29, 1.82) is 0 Å². The van der Waals surface area contributed by atoms with E-state index in [0.717, 1.165) is 32.5 Å². The number of para-hydroxylation sites is 1. The number of nitrogens with zero attached hydrogens (tertiary/aromatic N) is 1. The summed E-state index contributed by atoms with van der Waals surface area (Å²) in [6.45, 7) is 45.7. The molecular weight excluding hydrogens is 627 g/mol. The van der Waals surface area contributed by atoms with Gasteiger partial charge in [0, 0.05) is 36.7 Å². The maximum atomic E-state index is 7.62. The minimum atomic E-state index is -2.10. The number of benzene rings is 1. The molecule has 0 saturated heterocycles. The number of hydrogen-bond donors (Lipinski definition) is 0. The van der Waals surface area contributed by atoms with E-state index >= 15 is 0 Å². The Balaban J connectivity index is 2.07. The molecule has 1 aromatic carbocycles. The van der Waals surface area contributed by atoms with Crippen molar-refractivity contribution in [3.8, 4) is 0 Å². The molecule has 1 aliphatic carbocycles. The molecule has 0 aromatic heterocycles. The summed E-state index contributed by atoms with van der Waals surface area (Å²) >= 11 is 0. The standard InChI is InChI=1S/C40H75NO3Si3/c1-19-20-23-32-30(2)35(43-46(15,16)38(6,7)8)40(12,36(32)44-47(17,18)39(9,10)11)29-41-28-31(33-24-21-22-25-34(33)41)26-27-42-45(13,14)37(3,4)5/h21-22,24-25,31,35-36H,19-20,23,26-29H2,1-18H3/t31?,35?,36?,40-/m1/s1. The highest BCUT2D eigenvalue weighted by Crippen LogP contribution is 2.54. The van der Waals surface area contributed by atoms with E-state index in [-0.39, 0.29) is 32.7 Å². The van der Waals surface area contributed by atoms with E-state index in [9.17, 15) is 0 Å². The number of fused-ring (bicyclic) bond motifs is 1. The smallest absolute Gasteiger partial charge is 0.192 e. The fraction of sp³-hybridized carbons (Fsp3) is 0.800. The minimum Gasteiger partial charge on any atom is -0.417 e. The van der Waals surface area contributed by atoms with E-state index in [0.29, 0.717) is 5.92 Å². The lowest BCUT2D eigenvalue weighted by Gasteiger charge is -2.49. The first-order chi connectivity index (χ1) is 21.2. The van der Waals surface area contributed by atoms with Crippen molar-refractivity contribution in [2.45, 2.75) is 181 Å². The third-order valence-corrected chi connectivity index (χ3v) is 26.5. The Labute approximate surface area is 295 Å². The van der Waals surface area contributed by atoms with Gasteiger partial charge in [0.1, 0.15) is 0 Å². The highest BCUT2D eigenvalue weighted by atomic mass is 28.4. The van der Waals surface area contributed by atoms with Crippen LogP contribution in [0.5, 0.6) is 0 Å². The zero-order chi connectivity index (χ0) is 36.0. The molecule has 0 fully saturated rings. The molecule has 1 heterocycles. The summed E-state index contributed by atoms with van der Waals surface area (Å²) < 4.78 is 21.9. The molecule has 0 spiro atoms. The van der Waals surface area contributed by atoms with E-state index in [4.69, 9.17) is 13.3 Å². The molecule has 2 aliphatic rings. The SMILES string of the molecule is CCCCC1=C(C)C(O[Si](C)(C)C(C)(C)C)[C@@](C)(CN2CC(CCO[Si](C)(C)C(C)(C)C)c3ccccc32)C1O[Si](C)(C)C(C)(C)C. The van der Waals surface area contributed by atoms with Crippen LogP contribution in [0.4, 0.5) is 5.69 Å². The van der Waals surface area contributed by atoms with Crippen molar-refractivity contribution in [2.75, 3.05) is 24.6 Å². The topological polar surface area (TPSA) is 30.9 Å². The van der Waals surface area contributed by atoms with Crippen LogP contribution < -0.4 is 4.90 Å². The van der Waals surface area contributed by atoms with Gasteiger partial charge in [-0.25, -0.2) is 0 Å². The monoisotopic (exact) mass is 702 g/mol. The molecule has 1 aliphatic heterocycles. The summed E-state index contributed by atoms with van der Waals surface area (Å²) in [4.78, 5) is 2.70. The van der Waals surface area contributed by atoms with Crippen LogP contribution >= 0.6 is 0 Å². The molecule has 3 unspecified atom stereocenters. The van der Waals surface area contributed by atoms with Crippen LogP contribution in [0.1, 0.15) is 120 Å². The summed E-state index contributed by atoms with van der Waals surface area (Å²) in [5.41, 5.74) is 5.63. The molecule has 47 heavy (non-hydrogen) atoms. The Morgan fingerprint density at radius 3 is 1.81 bits per heavy atom. The molecule has 0 N–H and O–H groups in total. The summed E-state index contributed by atoms with van der Waals surface area (Å²) in [7, 11) is -5.98. The zero-order valence-electron chi connectivity index (χ0n) is 34.2. The fourth-order valence-corrected chi connectivity index (χ4v) is 10.5. The maximum absolute atomic E-state index is 7.62. The van der Waals surface area contributed by atoms with Crippen LogP contribution in [0.3, 0.4) is 0 Å². The van der Waals surface area contributed by atoms with Gasteiger partial charge in [-0.2, -0.15) is 0 Å². The number of anilines is 1. The van der Waals surface area contributed by atoms with Crippen molar-refractivity contribution >= 4 is 30.6 Å². The zero-order valence-corrected chi connectivity index (χ0v) is 37.2. The van der Waals surface area contributed by atoms with Crippen LogP contribution in [0.2, 0.25) is 54.4 Å². The maximum Gasteiger partial charge on any atom is 0.192 e. The number of hydrogen-bond acceptors (Lipinski definition) is 4. The van der Waals surface area contributed by atoms with E-state index < -0.39 is 25.0 Å². The fourth-order valence-electron chi connectivity index (χ4n) is 6.70. The van der Waals surface area contributed by atoms with E-state index in [1.165, 1.54) is 35.2 Å². The molecule has 0 bridgehead atoms. The van der Waals surface area contributed by atoms with Gasteiger partial charge < -0.3 is 18.2 Å². The largest absolute Gasteiger partial charge is 0.417 e. The van der Waals surface area contributed by atoms with E-state index in [2.05, 4.69) is 152 Å². The Hall–Kier alpha value is -0.709. The van der Waals surface area contributed by atoms with Gasteiger partial charge in [-0.05, 0) is 103 Å². The Morgan fingerprint density at radius 1 is 0.787 bits per heavy atom. The van der Waals surface area contributed by atoms with Crippen LogP contribution in [0.25, 0.3) is 0 Å². The molecule has 4 nitrogen and oxygen atoms in total. The van der Waals surface area contributed by atoms with E-state index in [1.807, 2.05) is 0 Å². The van der Waals surface area contributed by atoms with Crippen LogP contribution in [0.15, 0.2) is 35.4 Å². The predicted octanol–water partition coefficient (Wildman–Crippen LogP) is 12.3. The van der Waals surface area contributed by atoms with Crippen LogP contribution in [-0.4, -0.2) is 56.9 Å². The predicted molar refractivity (Wildman–Crippen MR) is 214 cm³/mol. The number of rotatable bonds is 13. The summed E-state index contributed by atoms with van der Waals surface area (Å²) in [5, 5.41) is 0.486. The van der Waals surface area contributed by atoms with Crippen molar-refractivity contribution in [3.63, 3.8) is 0 Å². The molecule has 3 rings (SSSR count). The molecule has 0 radical (unpaired) electrons. The average molecular weight is 702 g/mol. The lowest BCUT2D eigenvalue weighted by atomic mass is 9.80. The van der Waals surface area contributed by atoms with Gasteiger partial charge in [0.2, 0.25) is 0 Å². The lowest BCUT2D eigenvalue weighted by Crippen LogP contribution is -2.56. The number of unbranched alkanes of at least 4 members (excludes halogenated alkanes) is 1. The second-order valence-corrected chi connectivity index (χ2v) is 34.2. The first-order valence-electron chi connectivity index (χ1n) is 18.7. The first kappa shape index (κ1) is 40.7. The molecule has 7 heteroatoms. The molecule has 1 aromatic rings. The van der Waals surface area contributed by atoms with Crippen molar-refractivity contribution < 1.29 is 13.3 Å².